The summed E-state index contributed by atoms with van der Waals surface area (Å²) in [5, 5.41) is 8.64. The van der Waals surface area contributed by atoms with Crippen LogP contribution in [0.2, 0.25) is 0 Å². The summed E-state index contributed by atoms with van der Waals surface area (Å²) in [6.45, 7) is 1.50. The van der Waals surface area contributed by atoms with Crippen LogP contribution in [0.15, 0.2) is 0 Å². The lowest BCUT2D eigenvalue weighted by Crippen LogP contribution is -2.34. The van der Waals surface area contributed by atoms with Gasteiger partial charge in [-0.15, -0.1) is 0 Å². The Kier molecular flexibility index (Phi) is 4.46. The third kappa shape index (κ3) is 3.92. The molecule has 1 amide bonds. The first-order valence-corrected chi connectivity index (χ1v) is 6.74. The van der Waals surface area contributed by atoms with Crippen LogP contribution < -0.4 is 0 Å². The van der Waals surface area contributed by atoms with E-state index in [-0.39, 0.29) is 17.4 Å². The molecule has 0 radical (unpaired) electrons. The van der Waals surface area contributed by atoms with Gasteiger partial charge in [-0.25, -0.2) is 0 Å². The monoisotopic (exact) mass is 247 g/mol. The number of amides is 1. The van der Waals surface area contributed by atoms with Gasteiger partial charge in [-0.3, -0.25) is 13.8 Å². The highest BCUT2D eigenvalue weighted by molar-refractivity contribution is 7.85. The molecule has 1 aliphatic carbocycles. The topological polar surface area (TPSA) is 74.7 Å². The highest BCUT2D eigenvalue weighted by Gasteiger charge is 2.30. The highest BCUT2D eigenvalue weighted by atomic mass is 32.2. The summed E-state index contributed by atoms with van der Waals surface area (Å²) >= 11 is 0. The number of carbonyl (C=O) groups is 2. The zero-order valence-electron chi connectivity index (χ0n) is 9.51. The van der Waals surface area contributed by atoms with Gasteiger partial charge >= 0.3 is 5.97 Å². The molecule has 16 heavy (non-hydrogen) atoms. The quantitative estimate of drug-likeness (QED) is 0.721. The molecule has 5 nitrogen and oxygen atoms in total. The molecule has 1 saturated carbocycles. The molecule has 0 saturated heterocycles. The molecule has 1 rings (SSSR count). The lowest BCUT2D eigenvalue weighted by atomic mass is 10.2. The van der Waals surface area contributed by atoms with Crippen LogP contribution in [0.3, 0.4) is 0 Å². The molecule has 2 atom stereocenters. The van der Waals surface area contributed by atoms with E-state index in [2.05, 4.69) is 0 Å². The summed E-state index contributed by atoms with van der Waals surface area (Å²) in [5.74, 6) is -1.82. The Bertz CT molecular complexity index is 314. The first-order chi connectivity index (χ1) is 7.41. The lowest BCUT2D eigenvalue weighted by Gasteiger charge is -2.16. The van der Waals surface area contributed by atoms with Crippen molar-refractivity contribution in [3.8, 4) is 0 Å². The van der Waals surface area contributed by atoms with E-state index in [0.29, 0.717) is 6.04 Å². The zero-order valence-corrected chi connectivity index (χ0v) is 10.3. The van der Waals surface area contributed by atoms with Gasteiger partial charge in [0.1, 0.15) is 5.75 Å². The summed E-state index contributed by atoms with van der Waals surface area (Å²) in [7, 11) is 0.324. The summed E-state index contributed by atoms with van der Waals surface area (Å²) in [5.41, 5.74) is 0. The maximum atomic E-state index is 11.6. The average molecular weight is 247 g/mol. The van der Waals surface area contributed by atoms with E-state index in [1.807, 2.05) is 0 Å². The summed E-state index contributed by atoms with van der Waals surface area (Å²) in [4.78, 5) is 23.7. The third-order valence-electron chi connectivity index (χ3n) is 2.63. The van der Waals surface area contributed by atoms with Crippen LogP contribution >= 0.6 is 0 Å². The minimum atomic E-state index is -1.38. The van der Waals surface area contributed by atoms with E-state index in [1.54, 1.807) is 11.9 Å². The van der Waals surface area contributed by atoms with Crippen molar-refractivity contribution < 1.29 is 18.9 Å². The van der Waals surface area contributed by atoms with Crippen LogP contribution in [-0.4, -0.2) is 50.7 Å². The predicted molar refractivity (Wildman–Crippen MR) is 60.5 cm³/mol. The molecule has 1 fully saturated rings. The van der Waals surface area contributed by atoms with E-state index >= 15 is 0 Å². The van der Waals surface area contributed by atoms with Gasteiger partial charge in [-0.1, -0.05) is 6.92 Å². The Labute approximate surface area is 97.3 Å². The van der Waals surface area contributed by atoms with Crippen LogP contribution in [0.5, 0.6) is 0 Å². The molecule has 0 aromatic carbocycles. The minimum absolute atomic E-state index is 0.0413. The van der Waals surface area contributed by atoms with E-state index in [0.717, 1.165) is 12.8 Å². The Morgan fingerprint density at radius 3 is 2.50 bits per heavy atom. The molecule has 1 N–H and O–H groups in total. The second-order valence-corrected chi connectivity index (χ2v) is 5.73. The van der Waals surface area contributed by atoms with Crippen molar-refractivity contribution in [3.63, 3.8) is 0 Å². The van der Waals surface area contributed by atoms with E-state index in [4.69, 9.17) is 5.11 Å². The molecule has 2 unspecified atom stereocenters. The first-order valence-electron chi connectivity index (χ1n) is 5.25. The Hall–Kier alpha value is -0.910. The van der Waals surface area contributed by atoms with E-state index < -0.39 is 22.7 Å². The normalized spacial score (nSPS) is 18.9. The van der Waals surface area contributed by atoms with Crippen LogP contribution in [-0.2, 0) is 20.4 Å². The van der Waals surface area contributed by atoms with Crippen molar-refractivity contribution >= 4 is 22.7 Å². The largest absolute Gasteiger partial charge is 0.481 e. The Morgan fingerprint density at radius 2 is 2.06 bits per heavy atom. The van der Waals surface area contributed by atoms with Gasteiger partial charge in [0.2, 0.25) is 5.91 Å². The molecular weight excluding hydrogens is 230 g/mol. The second kappa shape index (κ2) is 5.43. The minimum Gasteiger partial charge on any atom is -0.481 e. The number of carboxylic acids is 1. The predicted octanol–water partition coefficient (Wildman–Crippen LogP) is 0.0766. The number of aliphatic carboxylic acids is 1. The smallest absolute Gasteiger partial charge is 0.307 e. The second-order valence-electron chi connectivity index (χ2n) is 4.23. The standard InChI is InChI=1S/C10H17NO4S/c1-7(10(13)14)5-16(15)6-9(12)11(2)8-3-4-8/h7-8H,3-6H2,1-2H3,(H,13,14). The molecule has 0 aromatic rings. The number of carbonyl (C=O) groups excluding carboxylic acids is 1. The van der Waals surface area contributed by atoms with Gasteiger partial charge < -0.3 is 10.0 Å². The maximum Gasteiger partial charge on any atom is 0.307 e. The molecule has 0 heterocycles. The van der Waals surface area contributed by atoms with Crippen molar-refractivity contribution in [1.82, 2.24) is 4.90 Å². The number of carboxylic acid groups (broad SMARTS) is 1. The number of rotatable bonds is 6. The SMILES string of the molecule is CC(CS(=O)CC(=O)N(C)C1CC1)C(=O)O. The van der Waals surface area contributed by atoms with Crippen LogP contribution in [0.1, 0.15) is 19.8 Å². The van der Waals surface area contributed by atoms with E-state index in [9.17, 15) is 13.8 Å². The fraction of sp³-hybridized carbons (Fsp3) is 0.800. The third-order valence-corrected chi connectivity index (χ3v) is 4.07. The molecular formula is C10H17NO4S. The summed E-state index contributed by atoms with van der Waals surface area (Å²) in [6.07, 6.45) is 2.03. The summed E-state index contributed by atoms with van der Waals surface area (Å²) in [6, 6.07) is 0.307. The fourth-order valence-corrected chi connectivity index (χ4v) is 2.61. The van der Waals surface area contributed by atoms with Crippen molar-refractivity contribution in [3.05, 3.63) is 0 Å². The molecule has 0 bridgehead atoms. The van der Waals surface area contributed by atoms with Gasteiger partial charge in [-0.2, -0.15) is 0 Å². The maximum absolute atomic E-state index is 11.6. The fourth-order valence-electron chi connectivity index (χ4n) is 1.31. The molecule has 1 aliphatic rings. The van der Waals surface area contributed by atoms with Crippen molar-refractivity contribution in [1.29, 1.82) is 0 Å². The van der Waals surface area contributed by atoms with Gasteiger partial charge in [-0.05, 0) is 12.8 Å². The zero-order chi connectivity index (χ0) is 12.3. The summed E-state index contributed by atoms with van der Waals surface area (Å²) < 4.78 is 11.5. The molecule has 0 aliphatic heterocycles. The molecule has 6 heteroatoms. The van der Waals surface area contributed by atoms with Crippen molar-refractivity contribution in [2.75, 3.05) is 18.6 Å². The molecule has 0 spiro atoms. The van der Waals surface area contributed by atoms with Gasteiger partial charge in [0.15, 0.2) is 0 Å². The highest BCUT2D eigenvalue weighted by Crippen LogP contribution is 2.25. The first kappa shape index (κ1) is 13.2. The number of nitrogens with zero attached hydrogens (tertiary/aromatic N) is 1. The number of hydrogen-bond donors (Lipinski definition) is 1. The Balaban J connectivity index is 2.33. The van der Waals surface area contributed by atoms with Gasteiger partial charge in [0.05, 0.1) is 5.92 Å². The van der Waals surface area contributed by atoms with Crippen LogP contribution in [0.4, 0.5) is 0 Å². The van der Waals surface area contributed by atoms with Crippen LogP contribution in [0, 0.1) is 5.92 Å². The van der Waals surface area contributed by atoms with Gasteiger partial charge in [0, 0.05) is 29.6 Å². The molecule has 0 aromatic heterocycles. The number of hydrogen-bond acceptors (Lipinski definition) is 3. The van der Waals surface area contributed by atoms with Gasteiger partial charge in [0.25, 0.3) is 0 Å². The average Bonchev–Trinajstić information content (AvgIpc) is 2.99. The van der Waals surface area contributed by atoms with E-state index in [1.165, 1.54) is 6.92 Å². The van der Waals surface area contributed by atoms with Crippen LogP contribution in [0.25, 0.3) is 0 Å². The lowest BCUT2D eigenvalue weighted by molar-refractivity contribution is -0.140. The van der Waals surface area contributed by atoms with Crippen molar-refractivity contribution in [2.45, 2.75) is 25.8 Å². The van der Waals surface area contributed by atoms with Crippen molar-refractivity contribution in [2.24, 2.45) is 5.92 Å². The Morgan fingerprint density at radius 1 is 1.50 bits per heavy atom. The molecule has 92 valence electrons.